The maximum atomic E-state index is 3.96. The van der Waals surface area contributed by atoms with Gasteiger partial charge in [-0.05, 0) is 0 Å². The van der Waals surface area contributed by atoms with Gasteiger partial charge in [-0.15, -0.1) is 0 Å². The van der Waals surface area contributed by atoms with E-state index in [0.717, 1.165) is 0 Å². The van der Waals surface area contributed by atoms with Gasteiger partial charge in [0.15, 0.2) is 0 Å². The minimum Gasteiger partial charge on any atom is 0 e. The first-order valence-corrected chi connectivity index (χ1v) is 2.60. The second-order valence-corrected chi connectivity index (χ2v) is 0. The van der Waals surface area contributed by atoms with E-state index in [2.05, 4.69) is 24.9 Å². The normalized spacial score (nSPS) is 0.800. The van der Waals surface area contributed by atoms with Gasteiger partial charge in [0.2, 0.25) is 0 Å². The third kappa shape index (κ3) is 20.4. The van der Waals surface area contributed by atoms with Gasteiger partial charge in [0.1, 0.15) is 0 Å². The van der Waals surface area contributed by atoms with Crippen LogP contribution in [0.2, 0.25) is 0 Å². The Balaban J connectivity index is -0.00000000167. The number of rotatable bonds is 0. The van der Waals surface area contributed by atoms with E-state index in [9.17, 15) is 0 Å². The van der Waals surface area contributed by atoms with Crippen LogP contribution < -0.4 is 0 Å². The van der Waals surface area contributed by atoms with E-state index in [1.54, 1.807) is 0 Å². The van der Waals surface area contributed by atoms with Crippen LogP contribution in [0.15, 0.2) is 0 Å². The van der Waals surface area contributed by atoms with Crippen LogP contribution in [-0.2, 0) is 36.5 Å². The zero-order valence-corrected chi connectivity index (χ0v) is 11.6. The van der Waals surface area contributed by atoms with Gasteiger partial charge in [0.25, 0.3) is 0 Å². The molecule has 0 N–H and O–H groups in total. The van der Waals surface area contributed by atoms with E-state index in [0.29, 0.717) is 0 Å². The van der Waals surface area contributed by atoms with Crippen LogP contribution in [0.25, 0.3) is 0 Å². The average Bonchev–Trinajstić information content (AvgIpc) is 1.00. The molecule has 0 fully saturated rings. The predicted octanol–water partition coefficient (Wildman–Crippen LogP) is -0.118. The van der Waals surface area contributed by atoms with Crippen molar-refractivity contribution in [1.82, 2.24) is 0 Å². The summed E-state index contributed by atoms with van der Waals surface area (Å²) < 4.78 is 0. The summed E-state index contributed by atoms with van der Waals surface area (Å²) in [4.78, 5) is 0. The molecule has 0 saturated heterocycles. The van der Waals surface area contributed by atoms with E-state index < -0.39 is 0 Å². The Morgan fingerprint density at radius 1 is 1.20 bits per heavy atom. The van der Waals surface area contributed by atoms with Crippen molar-refractivity contribution in [1.29, 1.82) is 0 Å². The first-order valence-electron chi connectivity index (χ1n) is 0.167. The van der Waals surface area contributed by atoms with Crippen LogP contribution in [0.4, 0.5) is 0 Å². The zero-order valence-electron chi connectivity index (χ0n) is 2.33. The molecule has 0 unspecified atom stereocenters. The van der Waals surface area contributed by atoms with Crippen molar-refractivity contribution in [3.63, 3.8) is 0 Å². The molecule has 5 radical (unpaired) electrons. The number of hydrogen-bond acceptors (Lipinski definition) is 1. The molecular weight excluding hydrogens is 359 g/mol. The van der Waals surface area contributed by atoms with E-state index in [1.807, 2.05) is 0 Å². The molecule has 0 amide bonds. The molecule has 0 aliphatic carbocycles. The monoisotopic (exact) mass is 359 g/mol. The molecule has 0 aromatic carbocycles. The van der Waals surface area contributed by atoms with Crippen molar-refractivity contribution < 1.29 is 36.5 Å². The van der Waals surface area contributed by atoms with Crippen LogP contribution in [-0.4, -0.2) is 38.3 Å². The maximum absolute atomic E-state index is 3.96. The fourth-order valence-corrected chi connectivity index (χ4v) is 0. The summed E-state index contributed by atoms with van der Waals surface area (Å²) in [6, 6.07) is 0. The van der Waals surface area contributed by atoms with Gasteiger partial charge >= 0.3 is 24.9 Å². The van der Waals surface area contributed by atoms with Gasteiger partial charge in [-0.1, -0.05) is 0 Å². The molecule has 0 aliphatic heterocycles. The Labute approximate surface area is 84.1 Å². The Morgan fingerprint density at radius 3 is 1.20 bits per heavy atom. The van der Waals surface area contributed by atoms with Gasteiger partial charge in [0, 0.05) is 60.5 Å². The summed E-state index contributed by atoms with van der Waals surface area (Å²) >= 11 is 2.21. The van der Waals surface area contributed by atoms with Gasteiger partial charge in [-0.3, -0.25) is 0 Å². The van der Waals surface area contributed by atoms with Crippen molar-refractivity contribution >= 4 is 48.8 Å². The van der Waals surface area contributed by atoms with Gasteiger partial charge < -0.3 is 0 Å². The predicted molar refractivity (Wildman–Crippen MR) is 19.1 cm³/mol. The molecule has 0 bridgehead atoms. The van der Waals surface area contributed by atoms with Gasteiger partial charge in [-0.25, -0.2) is 0 Å². The minimum atomic E-state index is 0. The smallest absolute Gasteiger partial charge is 0 e. The molecule has 0 nitrogen and oxygen atoms in total. The fourth-order valence-electron chi connectivity index (χ4n) is 0. The van der Waals surface area contributed by atoms with Crippen molar-refractivity contribution in [2.45, 2.75) is 0 Å². The number of hydrogen-bond donors (Lipinski definition) is 0. The third-order valence-electron chi connectivity index (χ3n) is 0. The van der Waals surface area contributed by atoms with E-state index in [-0.39, 0.29) is 60.5 Å². The summed E-state index contributed by atoms with van der Waals surface area (Å²) in [6.07, 6.45) is 0. The Kier molecular flexibility index (Phi) is 152. The molecule has 0 aliphatic rings. The Morgan fingerprint density at radius 2 is 1.20 bits per heavy atom. The van der Waals surface area contributed by atoms with E-state index in [1.165, 1.54) is 0 Å². The topological polar surface area (TPSA) is 0 Å². The van der Waals surface area contributed by atoms with Gasteiger partial charge in [0.05, 0.1) is 0 Å². The standard InChI is InChI=1S/Cu.SSe.Sn.Zn/c;1-2;;. The molecule has 5 heteroatoms. The summed E-state index contributed by atoms with van der Waals surface area (Å²) in [5.74, 6) is 0. The quantitative estimate of drug-likeness (QED) is 0.544. The average molecular weight is 359 g/mol. The summed E-state index contributed by atoms with van der Waals surface area (Å²) in [5.41, 5.74) is 0. The fraction of sp³-hybridized carbons (Fsp3) is 0. The SMILES string of the molecule is S=[Se].[Cu].[Sn].[Zn]. The molecule has 0 rings (SSSR count). The summed E-state index contributed by atoms with van der Waals surface area (Å²) in [5, 5.41) is 0. The molecule has 29 valence electrons. The zero-order chi connectivity index (χ0) is 2.00. The van der Waals surface area contributed by atoms with Crippen molar-refractivity contribution in [3.05, 3.63) is 0 Å². The molecule has 0 aromatic heterocycles. The molecule has 0 atom stereocenters. The van der Waals surface area contributed by atoms with Crippen molar-refractivity contribution in [2.75, 3.05) is 0 Å². The van der Waals surface area contributed by atoms with E-state index >= 15 is 0 Å². The maximum Gasteiger partial charge on any atom is 0 e. The van der Waals surface area contributed by atoms with E-state index in [4.69, 9.17) is 0 Å². The minimum absolute atomic E-state index is 0. The van der Waals surface area contributed by atoms with Crippen LogP contribution >= 0.6 is 10.6 Å². The third-order valence-corrected chi connectivity index (χ3v) is 0. The van der Waals surface area contributed by atoms with Crippen LogP contribution in [0.1, 0.15) is 0 Å². The van der Waals surface area contributed by atoms with Crippen LogP contribution in [0, 0.1) is 0 Å². The van der Waals surface area contributed by atoms with Crippen LogP contribution in [0.5, 0.6) is 0 Å². The molecule has 0 saturated carbocycles. The Hall–Kier alpha value is 2.68. The summed E-state index contributed by atoms with van der Waals surface area (Å²) in [7, 11) is 3.96. The Bertz CT molecular complexity index is 11.6. The molecule has 5 heavy (non-hydrogen) atoms. The van der Waals surface area contributed by atoms with Crippen molar-refractivity contribution in [2.24, 2.45) is 0 Å². The first-order chi connectivity index (χ1) is 1.00. The second-order valence-electron chi connectivity index (χ2n) is 0. The first kappa shape index (κ1) is 25.3. The van der Waals surface area contributed by atoms with Gasteiger partial charge in [-0.2, -0.15) is 0 Å². The largest absolute Gasteiger partial charge is 0 e. The molecule has 0 heterocycles. The molecule has 0 aromatic rings. The van der Waals surface area contributed by atoms with Crippen LogP contribution in [0.3, 0.4) is 0 Å². The molecular formula is CuSSeSnZn. The van der Waals surface area contributed by atoms with Crippen molar-refractivity contribution in [3.8, 4) is 0 Å². The second kappa shape index (κ2) is 30.0. The molecule has 0 spiro atoms. The summed E-state index contributed by atoms with van der Waals surface area (Å²) in [6.45, 7) is 0.